The second kappa shape index (κ2) is 7.70. The van der Waals surface area contributed by atoms with Crippen LogP contribution in [0.3, 0.4) is 0 Å². The molecule has 1 heterocycles. The number of aromatic amines is 1. The van der Waals surface area contributed by atoms with Crippen LogP contribution in [-0.2, 0) is 4.79 Å². The van der Waals surface area contributed by atoms with Crippen LogP contribution in [0.25, 0.3) is 32.9 Å². The summed E-state index contributed by atoms with van der Waals surface area (Å²) >= 11 is 0. The number of benzene rings is 4. The number of amides is 1. The van der Waals surface area contributed by atoms with Crippen LogP contribution >= 0.6 is 0 Å². The molecule has 0 spiro atoms. The number of hydrogen-bond acceptors (Lipinski definition) is 2. The van der Waals surface area contributed by atoms with Gasteiger partial charge >= 0.3 is 0 Å². The fourth-order valence-electron chi connectivity index (χ4n) is 4.20. The molecule has 5 aromatic rings. The van der Waals surface area contributed by atoms with Gasteiger partial charge in [-0.3, -0.25) is 10.0 Å². The maximum absolute atomic E-state index is 13.6. The van der Waals surface area contributed by atoms with E-state index in [-0.39, 0.29) is 5.82 Å². The molecule has 0 aliphatic rings. The number of hydrogen-bond donors (Lipinski definition) is 3. The Morgan fingerprint density at radius 3 is 2.35 bits per heavy atom. The molecule has 0 saturated carbocycles. The number of rotatable bonds is 4. The van der Waals surface area contributed by atoms with Crippen molar-refractivity contribution in [3.63, 3.8) is 0 Å². The van der Waals surface area contributed by atoms with E-state index in [1.54, 1.807) is 17.6 Å². The van der Waals surface area contributed by atoms with Crippen LogP contribution in [0.15, 0.2) is 91.0 Å². The molecule has 4 nitrogen and oxygen atoms in total. The van der Waals surface area contributed by atoms with Gasteiger partial charge < -0.3 is 4.98 Å². The molecule has 0 saturated heterocycles. The number of carbonyl (C=O) groups excluding carboxylic acids is 1. The molecule has 1 unspecified atom stereocenters. The summed E-state index contributed by atoms with van der Waals surface area (Å²) in [6.45, 7) is 0. The molecule has 5 rings (SSSR count). The fourth-order valence-corrected chi connectivity index (χ4v) is 4.20. The van der Waals surface area contributed by atoms with Crippen LogP contribution in [0.2, 0.25) is 0 Å². The van der Waals surface area contributed by atoms with E-state index in [9.17, 15) is 14.4 Å². The molecule has 0 fully saturated rings. The Bertz CT molecular complexity index is 1410. The number of carbonyl (C=O) groups is 1. The minimum atomic E-state index is -0.830. The van der Waals surface area contributed by atoms with Gasteiger partial charge in [0.05, 0.1) is 11.6 Å². The molecular formula is C26H19FN2O2. The summed E-state index contributed by atoms with van der Waals surface area (Å²) in [7, 11) is 0. The van der Waals surface area contributed by atoms with Gasteiger partial charge in [-0.25, -0.2) is 9.87 Å². The predicted octanol–water partition coefficient (Wildman–Crippen LogP) is 5.76. The molecule has 3 N–H and O–H groups in total. The van der Waals surface area contributed by atoms with Crippen molar-refractivity contribution in [2.75, 3.05) is 0 Å². The van der Waals surface area contributed by atoms with Gasteiger partial charge in [-0.1, -0.05) is 66.7 Å². The molecule has 0 bridgehead atoms. The summed E-state index contributed by atoms with van der Waals surface area (Å²) in [4.78, 5) is 16.3. The van der Waals surface area contributed by atoms with Gasteiger partial charge in [0.15, 0.2) is 0 Å². The van der Waals surface area contributed by atoms with Crippen molar-refractivity contribution in [2.45, 2.75) is 5.92 Å². The van der Waals surface area contributed by atoms with Gasteiger partial charge in [-0.05, 0) is 46.2 Å². The number of H-pyrrole nitrogens is 1. The minimum absolute atomic E-state index is 0.388. The molecule has 152 valence electrons. The van der Waals surface area contributed by atoms with Crippen molar-refractivity contribution in [3.05, 3.63) is 108 Å². The number of hydroxylamine groups is 1. The Balaban J connectivity index is 1.79. The molecule has 0 aliphatic carbocycles. The van der Waals surface area contributed by atoms with Crippen LogP contribution in [-0.4, -0.2) is 16.1 Å². The number of para-hydroxylation sites is 1. The topological polar surface area (TPSA) is 65.1 Å². The lowest BCUT2D eigenvalue weighted by molar-refractivity contribution is -0.129. The van der Waals surface area contributed by atoms with Crippen molar-refractivity contribution >= 4 is 27.6 Å². The first kappa shape index (κ1) is 19.0. The largest absolute Gasteiger partial charge is 0.354 e. The zero-order chi connectivity index (χ0) is 21.4. The van der Waals surface area contributed by atoms with Crippen molar-refractivity contribution < 1.29 is 14.4 Å². The van der Waals surface area contributed by atoms with E-state index >= 15 is 0 Å². The normalized spacial score (nSPS) is 12.2. The highest BCUT2D eigenvalue weighted by atomic mass is 19.1. The Kier molecular flexibility index (Phi) is 4.73. The summed E-state index contributed by atoms with van der Waals surface area (Å²) in [5.41, 5.74) is 5.68. The number of halogens is 1. The molecule has 1 atom stereocenters. The molecule has 4 aromatic carbocycles. The molecule has 5 heteroatoms. The van der Waals surface area contributed by atoms with Crippen LogP contribution in [0.5, 0.6) is 0 Å². The Morgan fingerprint density at radius 2 is 1.58 bits per heavy atom. The van der Waals surface area contributed by atoms with E-state index in [0.29, 0.717) is 5.56 Å². The van der Waals surface area contributed by atoms with E-state index in [1.807, 2.05) is 60.7 Å². The first-order valence-corrected chi connectivity index (χ1v) is 9.95. The fraction of sp³-hybridized carbons (Fsp3) is 0.0385. The van der Waals surface area contributed by atoms with E-state index in [0.717, 1.165) is 38.5 Å². The standard InChI is InChI=1S/C26H19FN2O2/c27-20-13-11-17(12-14-20)23(26(30)29-31)24-21-7-3-4-8-22(21)28-25(24)19-10-9-16-5-1-2-6-18(16)15-19/h1-15,23,28,31H,(H,29,30). The molecular weight excluding hydrogens is 391 g/mol. The third-order valence-electron chi connectivity index (χ3n) is 5.65. The molecule has 31 heavy (non-hydrogen) atoms. The van der Waals surface area contributed by atoms with Gasteiger partial charge in [-0.15, -0.1) is 0 Å². The van der Waals surface area contributed by atoms with E-state index in [4.69, 9.17) is 0 Å². The van der Waals surface area contributed by atoms with Crippen LogP contribution in [0.1, 0.15) is 17.0 Å². The average molecular weight is 410 g/mol. The zero-order valence-corrected chi connectivity index (χ0v) is 16.5. The summed E-state index contributed by atoms with van der Waals surface area (Å²) in [5.74, 6) is -1.80. The Hall–Kier alpha value is -3.96. The van der Waals surface area contributed by atoms with E-state index < -0.39 is 11.8 Å². The van der Waals surface area contributed by atoms with Crippen molar-refractivity contribution in [2.24, 2.45) is 0 Å². The number of nitrogens with one attached hydrogen (secondary N) is 2. The van der Waals surface area contributed by atoms with Crippen molar-refractivity contribution in [3.8, 4) is 11.3 Å². The lowest BCUT2D eigenvalue weighted by Gasteiger charge is -2.18. The third-order valence-corrected chi connectivity index (χ3v) is 5.65. The van der Waals surface area contributed by atoms with E-state index in [2.05, 4.69) is 11.1 Å². The van der Waals surface area contributed by atoms with Crippen molar-refractivity contribution in [1.82, 2.24) is 10.5 Å². The van der Waals surface area contributed by atoms with Gasteiger partial charge in [0.2, 0.25) is 0 Å². The SMILES string of the molecule is O=C(NO)C(c1ccc(F)cc1)c1c(-c2ccc3ccccc3c2)[nH]c2ccccc12. The Labute approximate surface area is 177 Å². The summed E-state index contributed by atoms with van der Waals surface area (Å²) < 4.78 is 13.6. The second-order valence-electron chi connectivity index (χ2n) is 7.48. The Morgan fingerprint density at radius 1 is 0.871 bits per heavy atom. The lowest BCUT2D eigenvalue weighted by atomic mass is 9.86. The van der Waals surface area contributed by atoms with Gasteiger partial charge in [0, 0.05) is 16.5 Å². The third kappa shape index (κ3) is 3.35. The monoisotopic (exact) mass is 410 g/mol. The molecule has 1 aromatic heterocycles. The minimum Gasteiger partial charge on any atom is -0.354 e. The number of fused-ring (bicyclic) bond motifs is 2. The smallest absolute Gasteiger partial charge is 0.255 e. The average Bonchev–Trinajstić information content (AvgIpc) is 3.19. The van der Waals surface area contributed by atoms with Gasteiger partial charge in [-0.2, -0.15) is 0 Å². The lowest BCUT2D eigenvalue weighted by Crippen LogP contribution is -2.27. The van der Waals surface area contributed by atoms with Gasteiger partial charge in [0.1, 0.15) is 5.82 Å². The van der Waals surface area contributed by atoms with Crippen LogP contribution < -0.4 is 5.48 Å². The summed E-state index contributed by atoms with van der Waals surface area (Å²) in [5, 5.41) is 12.6. The summed E-state index contributed by atoms with van der Waals surface area (Å²) in [6, 6.07) is 27.7. The quantitative estimate of drug-likeness (QED) is 0.260. The second-order valence-corrected chi connectivity index (χ2v) is 7.48. The first-order chi connectivity index (χ1) is 15.2. The molecule has 0 radical (unpaired) electrons. The zero-order valence-electron chi connectivity index (χ0n) is 16.5. The maximum atomic E-state index is 13.6. The highest BCUT2D eigenvalue weighted by Gasteiger charge is 2.29. The molecule has 1 amide bonds. The van der Waals surface area contributed by atoms with Crippen LogP contribution in [0, 0.1) is 5.82 Å². The maximum Gasteiger partial charge on any atom is 0.255 e. The molecule has 0 aliphatic heterocycles. The number of aromatic nitrogens is 1. The first-order valence-electron chi connectivity index (χ1n) is 9.95. The predicted molar refractivity (Wildman–Crippen MR) is 119 cm³/mol. The van der Waals surface area contributed by atoms with Crippen molar-refractivity contribution in [1.29, 1.82) is 0 Å². The highest BCUT2D eigenvalue weighted by molar-refractivity contribution is 6.00. The summed E-state index contributed by atoms with van der Waals surface area (Å²) in [6.07, 6.45) is 0. The van der Waals surface area contributed by atoms with E-state index in [1.165, 1.54) is 12.1 Å². The highest BCUT2D eigenvalue weighted by Crippen LogP contribution is 2.39. The van der Waals surface area contributed by atoms with Gasteiger partial charge in [0.25, 0.3) is 5.91 Å². The van der Waals surface area contributed by atoms with Crippen LogP contribution in [0.4, 0.5) is 4.39 Å².